The summed E-state index contributed by atoms with van der Waals surface area (Å²) in [5, 5.41) is 3.96. The lowest BCUT2D eigenvalue weighted by atomic mass is 10.0. The first-order valence-corrected chi connectivity index (χ1v) is 17.6. The third kappa shape index (κ3) is 12.4. The topological polar surface area (TPSA) is 130 Å². The van der Waals surface area contributed by atoms with Crippen LogP contribution in [0.4, 0.5) is 0 Å². The Morgan fingerprint density at radius 3 is 1.05 bits per heavy atom. The van der Waals surface area contributed by atoms with Crippen molar-refractivity contribution >= 4 is 56.2 Å². The first kappa shape index (κ1) is 43.7. The van der Waals surface area contributed by atoms with Crippen LogP contribution in [0.1, 0.15) is 104 Å². The van der Waals surface area contributed by atoms with E-state index in [-0.39, 0.29) is 34.7 Å². The molecule has 0 heterocycles. The van der Waals surface area contributed by atoms with E-state index in [9.17, 15) is 28.8 Å². The summed E-state index contributed by atoms with van der Waals surface area (Å²) in [5.41, 5.74) is 3.91. The molecule has 0 amide bonds. The maximum absolute atomic E-state index is 11.5. The van der Waals surface area contributed by atoms with Crippen molar-refractivity contribution in [1.82, 2.24) is 0 Å². The lowest BCUT2D eigenvalue weighted by Crippen LogP contribution is -1.98. The lowest BCUT2D eigenvalue weighted by Gasteiger charge is -2.08. The highest BCUT2D eigenvalue weighted by atomic mass is 16.5. The third-order valence-corrected chi connectivity index (χ3v) is 8.59. The predicted molar refractivity (Wildman–Crippen MR) is 220 cm³/mol. The van der Waals surface area contributed by atoms with E-state index < -0.39 is 0 Å². The van der Waals surface area contributed by atoms with Gasteiger partial charge in [-0.3, -0.25) is 28.8 Å². The van der Waals surface area contributed by atoms with Gasteiger partial charge in [-0.15, -0.1) is 0 Å². The van der Waals surface area contributed by atoms with E-state index in [0.717, 1.165) is 38.6 Å². The average Bonchev–Trinajstić information content (AvgIpc) is 3.20. The fourth-order valence-corrected chi connectivity index (χ4v) is 5.27. The van der Waals surface area contributed by atoms with Crippen LogP contribution < -0.4 is 14.2 Å². The highest BCUT2D eigenvalue weighted by Gasteiger charge is 2.11. The number of methoxy groups -OCH3 is 3. The molecular formula is C47H46O9. The molecule has 0 bridgehead atoms. The molecule has 0 aromatic heterocycles. The summed E-state index contributed by atoms with van der Waals surface area (Å²) in [4.78, 5) is 66.6. The molecule has 0 aliphatic rings. The molecule has 6 aromatic carbocycles. The minimum atomic E-state index is -0.0537. The predicted octanol–water partition coefficient (Wildman–Crippen LogP) is 10.3. The van der Waals surface area contributed by atoms with E-state index in [1.54, 1.807) is 94.8 Å². The van der Waals surface area contributed by atoms with Crippen LogP contribution in [-0.4, -0.2) is 56.0 Å². The van der Waals surface area contributed by atoms with Gasteiger partial charge in [-0.1, -0.05) is 54.6 Å². The molecule has 0 aliphatic heterocycles. The molecule has 9 heteroatoms. The third-order valence-electron chi connectivity index (χ3n) is 8.59. The van der Waals surface area contributed by atoms with E-state index in [1.165, 1.54) is 34.8 Å². The first-order valence-electron chi connectivity index (χ1n) is 17.6. The molecular weight excluding hydrogens is 709 g/mol. The van der Waals surface area contributed by atoms with Crippen LogP contribution in [0.3, 0.4) is 0 Å². The first-order chi connectivity index (χ1) is 26.6. The van der Waals surface area contributed by atoms with Crippen LogP contribution in [0.15, 0.2) is 115 Å². The number of ether oxygens (including phenoxy) is 3. The maximum atomic E-state index is 11.5. The zero-order chi connectivity index (χ0) is 41.5. The molecule has 0 N–H and O–H groups in total. The molecule has 0 atom stereocenters. The second kappa shape index (κ2) is 20.6. The Bertz CT molecular complexity index is 2340. The maximum Gasteiger partial charge on any atom is 0.163 e. The number of hydrogen-bond donors (Lipinski definition) is 0. The highest BCUT2D eigenvalue weighted by molar-refractivity contribution is 6.04. The van der Waals surface area contributed by atoms with E-state index in [0.29, 0.717) is 33.6 Å². The van der Waals surface area contributed by atoms with Gasteiger partial charge < -0.3 is 14.2 Å². The molecule has 288 valence electrons. The van der Waals surface area contributed by atoms with Gasteiger partial charge in [-0.25, -0.2) is 0 Å². The van der Waals surface area contributed by atoms with Gasteiger partial charge in [0.05, 0.1) is 26.9 Å². The van der Waals surface area contributed by atoms with Crippen molar-refractivity contribution in [3.63, 3.8) is 0 Å². The summed E-state index contributed by atoms with van der Waals surface area (Å²) in [6.07, 6.45) is 0. The molecule has 6 aromatic rings. The Labute approximate surface area is 327 Å². The molecule has 0 saturated heterocycles. The van der Waals surface area contributed by atoms with Gasteiger partial charge >= 0.3 is 0 Å². The summed E-state index contributed by atoms with van der Waals surface area (Å²) in [5.74, 6) is 2.33. The second-order valence-corrected chi connectivity index (χ2v) is 12.7. The molecule has 0 saturated carbocycles. The van der Waals surface area contributed by atoms with Gasteiger partial charge in [0.2, 0.25) is 0 Å². The fraction of sp³-hybridized carbons (Fsp3) is 0.191. The van der Waals surface area contributed by atoms with Gasteiger partial charge in [0.15, 0.2) is 34.7 Å². The van der Waals surface area contributed by atoms with Crippen LogP contribution in [0.5, 0.6) is 17.2 Å². The van der Waals surface area contributed by atoms with Crippen LogP contribution in [0, 0.1) is 0 Å². The molecule has 0 unspecified atom stereocenters. The molecule has 0 aliphatic carbocycles. The summed E-state index contributed by atoms with van der Waals surface area (Å²) in [7, 11) is 4.78. The molecule has 6 rings (SSSR count). The van der Waals surface area contributed by atoms with Gasteiger partial charge in [-0.05, 0) is 124 Å². The summed E-state index contributed by atoms with van der Waals surface area (Å²) in [6.45, 7) is 9.15. The number of ketones is 6. The Morgan fingerprint density at radius 2 is 0.661 bits per heavy atom. The van der Waals surface area contributed by atoms with Crippen LogP contribution >= 0.6 is 0 Å². The average molecular weight is 755 g/mol. The number of carbonyl (C=O) groups excluding carboxylic acids is 6. The van der Waals surface area contributed by atoms with E-state index in [2.05, 4.69) is 0 Å². The number of hydrogen-bond acceptors (Lipinski definition) is 9. The Balaban J connectivity index is 0.000000204. The molecule has 0 radical (unpaired) electrons. The largest absolute Gasteiger partial charge is 0.497 e. The molecule has 9 nitrogen and oxygen atoms in total. The SMILES string of the molecule is CC(=O)c1ccc(C(C)=O)cc1.COc1cc2ccc(C(C)=O)cc2cc1C(C)=O.COc1ccc(C(C)=O)cc1.COc1ccc2cc(C(C)=O)ccc2c1. The molecule has 56 heavy (non-hydrogen) atoms. The van der Waals surface area contributed by atoms with Gasteiger partial charge in [-0.2, -0.15) is 0 Å². The normalized spacial score (nSPS) is 9.95. The minimum absolute atomic E-state index is 0.0112. The molecule has 0 spiro atoms. The standard InChI is InChI=1S/C15H14O3.C13H12O2.C10H10O2.C9H10O2/c1-9(16)11-4-5-12-8-15(18-3)14(10(2)17)7-13(12)6-11;1-9(14)10-3-4-12-8-13(15-2)6-5-11(12)7-10;1-7(11)9-3-5-10(6-4-9)8(2)12;1-7(10)8-3-5-9(11-2)6-4-8/h4-8H,1-3H3;3-8H,1-2H3;3-6H,1-2H3;3-6H,1-2H3. The number of Topliss-reactive ketones (excluding diaryl/α,β-unsaturated/α-hetero) is 6. The highest BCUT2D eigenvalue weighted by Crippen LogP contribution is 2.27. The van der Waals surface area contributed by atoms with Gasteiger partial charge in [0, 0.05) is 27.8 Å². The number of rotatable bonds is 9. The quantitative estimate of drug-likeness (QED) is 0.132. The summed E-state index contributed by atoms with van der Waals surface area (Å²) < 4.78 is 15.3. The summed E-state index contributed by atoms with van der Waals surface area (Å²) in [6, 6.07) is 34.2. The van der Waals surface area contributed by atoms with Crippen molar-refractivity contribution in [2.45, 2.75) is 41.5 Å². The Morgan fingerprint density at radius 1 is 0.321 bits per heavy atom. The van der Waals surface area contributed by atoms with Crippen molar-refractivity contribution in [1.29, 1.82) is 0 Å². The minimum Gasteiger partial charge on any atom is -0.497 e. The van der Waals surface area contributed by atoms with Crippen molar-refractivity contribution in [2.75, 3.05) is 21.3 Å². The van der Waals surface area contributed by atoms with Crippen LogP contribution in [-0.2, 0) is 0 Å². The number of fused-ring (bicyclic) bond motifs is 2. The summed E-state index contributed by atoms with van der Waals surface area (Å²) >= 11 is 0. The van der Waals surface area contributed by atoms with Crippen molar-refractivity contribution in [2.24, 2.45) is 0 Å². The van der Waals surface area contributed by atoms with Gasteiger partial charge in [0.25, 0.3) is 0 Å². The Hall–Kier alpha value is -6.74. The smallest absolute Gasteiger partial charge is 0.163 e. The lowest BCUT2D eigenvalue weighted by molar-refractivity contribution is 0.100. The van der Waals surface area contributed by atoms with Gasteiger partial charge in [0.1, 0.15) is 17.2 Å². The second-order valence-electron chi connectivity index (χ2n) is 12.7. The van der Waals surface area contributed by atoms with Crippen molar-refractivity contribution in [3.8, 4) is 17.2 Å². The monoisotopic (exact) mass is 754 g/mol. The van der Waals surface area contributed by atoms with Crippen molar-refractivity contribution < 1.29 is 43.0 Å². The van der Waals surface area contributed by atoms with Crippen LogP contribution in [0.25, 0.3) is 21.5 Å². The van der Waals surface area contributed by atoms with E-state index in [1.807, 2.05) is 48.5 Å². The van der Waals surface area contributed by atoms with E-state index >= 15 is 0 Å². The fourth-order valence-electron chi connectivity index (χ4n) is 5.27. The van der Waals surface area contributed by atoms with Crippen molar-refractivity contribution in [3.05, 3.63) is 149 Å². The zero-order valence-electron chi connectivity index (χ0n) is 33.1. The number of carbonyl (C=O) groups is 6. The van der Waals surface area contributed by atoms with Crippen LogP contribution in [0.2, 0.25) is 0 Å². The number of benzene rings is 6. The van der Waals surface area contributed by atoms with E-state index in [4.69, 9.17) is 14.2 Å². The molecule has 0 fully saturated rings. The zero-order valence-corrected chi connectivity index (χ0v) is 33.1. The Kier molecular flexibility index (Phi) is 16.1.